The number of halogens is 1. The second-order valence-electron chi connectivity index (χ2n) is 4.69. The first-order valence-electron chi connectivity index (χ1n) is 6.80. The molecular weight excluding hydrogens is 314 g/mol. The molecule has 0 aliphatic carbocycles. The minimum absolute atomic E-state index is 0.133. The second kappa shape index (κ2) is 6.91. The van der Waals surface area contributed by atoms with E-state index in [-0.39, 0.29) is 6.04 Å². The first kappa shape index (κ1) is 15.1. The zero-order valence-electron chi connectivity index (χ0n) is 12.1. The van der Waals surface area contributed by atoms with Crippen molar-refractivity contribution in [1.29, 1.82) is 0 Å². The summed E-state index contributed by atoms with van der Waals surface area (Å²) in [5.41, 5.74) is 3.69. The molecule has 1 N–H and O–H groups in total. The van der Waals surface area contributed by atoms with Gasteiger partial charge >= 0.3 is 0 Å². The third-order valence-electron chi connectivity index (χ3n) is 3.48. The SMILES string of the molecule is CCNC(c1ccccc1OC)c1cccc(Br)c1C. The molecule has 0 amide bonds. The molecule has 1 unspecified atom stereocenters. The summed E-state index contributed by atoms with van der Waals surface area (Å²) in [6.07, 6.45) is 0. The molecule has 0 saturated heterocycles. The van der Waals surface area contributed by atoms with Crippen LogP contribution in [-0.4, -0.2) is 13.7 Å². The molecule has 0 bridgehead atoms. The van der Waals surface area contributed by atoms with Crippen LogP contribution in [0.5, 0.6) is 5.75 Å². The Bertz CT molecular complexity index is 583. The summed E-state index contributed by atoms with van der Waals surface area (Å²) in [5, 5.41) is 3.56. The molecule has 0 heterocycles. The van der Waals surface area contributed by atoms with Crippen LogP contribution < -0.4 is 10.1 Å². The standard InChI is InChI=1S/C17H20BrNO/c1-4-19-17(13-9-7-10-15(18)12(13)2)14-8-5-6-11-16(14)20-3/h5-11,17,19H,4H2,1-3H3. The second-order valence-corrected chi connectivity index (χ2v) is 5.54. The fourth-order valence-electron chi connectivity index (χ4n) is 2.43. The zero-order chi connectivity index (χ0) is 14.5. The van der Waals surface area contributed by atoms with E-state index in [0.717, 1.165) is 22.3 Å². The van der Waals surface area contributed by atoms with Crippen molar-refractivity contribution in [3.05, 3.63) is 63.6 Å². The van der Waals surface area contributed by atoms with Gasteiger partial charge < -0.3 is 10.1 Å². The summed E-state index contributed by atoms with van der Waals surface area (Å²) in [6.45, 7) is 5.16. The first-order chi connectivity index (χ1) is 9.69. The largest absolute Gasteiger partial charge is 0.496 e. The van der Waals surface area contributed by atoms with Crippen molar-refractivity contribution in [3.63, 3.8) is 0 Å². The van der Waals surface area contributed by atoms with E-state index in [4.69, 9.17) is 4.74 Å². The Balaban J connectivity index is 2.53. The molecule has 3 heteroatoms. The van der Waals surface area contributed by atoms with E-state index in [0.29, 0.717) is 0 Å². The van der Waals surface area contributed by atoms with Gasteiger partial charge in [-0.1, -0.05) is 53.2 Å². The van der Waals surface area contributed by atoms with Crippen molar-refractivity contribution in [1.82, 2.24) is 5.32 Å². The fraction of sp³-hybridized carbons (Fsp3) is 0.294. The topological polar surface area (TPSA) is 21.3 Å². The lowest BCUT2D eigenvalue weighted by molar-refractivity contribution is 0.404. The Kier molecular flexibility index (Phi) is 5.21. The normalized spacial score (nSPS) is 12.2. The number of hydrogen-bond donors (Lipinski definition) is 1. The van der Waals surface area contributed by atoms with Gasteiger partial charge in [0.1, 0.15) is 5.75 Å². The minimum Gasteiger partial charge on any atom is -0.496 e. The quantitative estimate of drug-likeness (QED) is 0.871. The van der Waals surface area contributed by atoms with Gasteiger partial charge in [0.15, 0.2) is 0 Å². The molecule has 0 aromatic heterocycles. The van der Waals surface area contributed by atoms with Gasteiger partial charge in [0.05, 0.1) is 13.2 Å². The smallest absolute Gasteiger partial charge is 0.123 e. The highest BCUT2D eigenvalue weighted by Crippen LogP contribution is 2.33. The van der Waals surface area contributed by atoms with Gasteiger partial charge in [-0.25, -0.2) is 0 Å². The summed E-state index contributed by atoms with van der Waals surface area (Å²) in [6, 6.07) is 14.6. The molecule has 0 aliphatic heterocycles. The van der Waals surface area contributed by atoms with E-state index < -0.39 is 0 Å². The molecule has 1 atom stereocenters. The van der Waals surface area contributed by atoms with E-state index >= 15 is 0 Å². The van der Waals surface area contributed by atoms with Crippen LogP contribution in [0.15, 0.2) is 46.9 Å². The monoisotopic (exact) mass is 333 g/mol. The summed E-state index contributed by atoms with van der Waals surface area (Å²) < 4.78 is 6.64. The van der Waals surface area contributed by atoms with Crippen LogP contribution >= 0.6 is 15.9 Å². The fourth-order valence-corrected chi connectivity index (χ4v) is 2.81. The molecule has 20 heavy (non-hydrogen) atoms. The number of benzene rings is 2. The predicted molar refractivity (Wildman–Crippen MR) is 87.4 cm³/mol. The molecule has 2 aromatic rings. The van der Waals surface area contributed by atoms with E-state index in [2.05, 4.69) is 65.4 Å². The molecule has 2 aromatic carbocycles. The molecule has 0 saturated carbocycles. The van der Waals surface area contributed by atoms with Crippen LogP contribution in [-0.2, 0) is 0 Å². The van der Waals surface area contributed by atoms with E-state index in [1.807, 2.05) is 12.1 Å². The molecule has 0 aliphatic rings. The molecule has 106 valence electrons. The molecule has 2 rings (SSSR count). The van der Waals surface area contributed by atoms with Crippen LogP contribution in [0.1, 0.15) is 29.7 Å². The predicted octanol–water partition coefficient (Wildman–Crippen LogP) is 4.47. The maximum atomic E-state index is 5.51. The summed E-state index contributed by atoms with van der Waals surface area (Å²) in [5.74, 6) is 0.915. The Morgan fingerprint density at radius 1 is 1.10 bits per heavy atom. The Hall–Kier alpha value is -1.32. The molecule has 2 nitrogen and oxygen atoms in total. The maximum Gasteiger partial charge on any atom is 0.123 e. The highest BCUT2D eigenvalue weighted by atomic mass is 79.9. The first-order valence-corrected chi connectivity index (χ1v) is 7.59. The molecule has 0 fully saturated rings. The zero-order valence-corrected chi connectivity index (χ0v) is 13.7. The van der Waals surface area contributed by atoms with Crippen molar-refractivity contribution in [2.24, 2.45) is 0 Å². The number of methoxy groups -OCH3 is 1. The average Bonchev–Trinajstić information content (AvgIpc) is 2.48. The molecular formula is C17H20BrNO. The van der Waals surface area contributed by atoms with Crippen LogP contribution in [0.25, 0.3) is 0 Å². The van der Waals surface area contributed by atoms with Gasteiger partial charge in [0.2, 0.25) is 0 Å². The Labute approximate surface area is 129 Å². The number of hydrogen-bond acceptors (Lipinski definition) is 2. The van der Waals surface area contributed by atoms with Crippen LogP contribution in [0.2, 0.25) is 0 Å². The summed E-state index contributed by atoms with van der Waals surface area (Å²) >= 11 is 3.61. The van der Waals surface area contributed by atoms with Crippen molar-refractivity contribution in [2.75, 3.05) is 13.7 Å². The highest BCUT2D eigenvalue weighted by Gasteiger charge is 2.19. The van der Waals surface area contributed by atoms with Gasteiger partial charge in [-0.05, 0) is 36.7 Å². The van der Waals surface area contributed by atoms with E-state index in [1.54, 1.807) is 7.11 Å². The van der Waals surface area contributed by atoms with Crippen molar-refractivity contribution in [2.45, 2.75) is 19.9 Å². The minimum atomic E-state index is 0.133. The van der Waals surface area contributed by atoms with Crippen molar-refractivity contribution in [3.8, 4) is 5.75 Å². The van der Waals surface area contributed by atoms with Gasteiger partial charge in [0, 0.05) is 10.0 Å². The van der Waals surface area contributed by atoms with Gasteiger partial charge in [0.25, 0.3) is 0 Å². The lowest BCUT2D eigenvalue weighted by atomic mass is 9.94. The number of ether oxygens (including phenoxy) is 1. The highest BCUT2D eigenvalue weighted by molar-refractivity contribution is 9.10. The molecule has 0 spiro atoms. The maximum absolute atomic E-state index is 5.51. The third kappa shape index (κ3) is 3.05. The number of para-hydroxylation sites is 1. The summed E-state index contributed by atoms with van der Waals surface area (Å²) in [4.78, 5) is 0. The van der Waals surface area contributed by atoms with Gasteiger partial charge in [-0.15, -0.1) is 0 Å². The van der Waals surface area contributed by atoms with Gasteiger partial charge in [-0.2, -0.15) is 0 Å². The Morgan fingerprint density at radius 3 is 2.50 bits per heavy atom. The van der Waals surface area contributed by atoms with E-state index in [9.17, 15) is 0 Å². The van der Waals surface area contributed by atoms with Crippen LogP contribution in [0.3, 0.4) is 0 Å². The van der Waals surface area contributed by atoms with Gasteiger partial charge in [-0.3, -0.25) is 0 Å². The van der Waals surface area contributed by atoms with Crippen molar-refractivity contribution < 1.29 is 4.74 Å². The lowest BCUT2D eigenvalue weighted by Crippen LogP contribution is -2.23. The summed E-state index contributed by atoms with van der Waals surface area (Å²) in [7, 11) is 1.72. The van der Waals surface area contributed by atoms with E-state index in [1.165, 1.54) is 11.1 Å². The lowest BCUT2D eigenvalue weighted by Gasteiger charge is -2.23. The number of rotatable bonds is 5. The molecule has 0 radical (unpaired) electrons. The third-order valence-corrected chi connectivity index (χ3v) is 4.34. The van der Waals surface area contributed by atoms with Crippen LogP contribution in [0, 0.1) is 6.92 Å². The van der Waals surface area contributed by atoms with Crippen LogP contribution in [0.4, 0.5) is 0 Å². The Morgan fingerprint density at radius 2 is 1.80 bits per heavy atom. The number of nitrogens with one attached hydrogen (secondary N) is 1. The van der Waals surface area contributed by atoms with Crippen molar-refractivity contribution >= 4 is 15.9 Å². The average molecular weight is 334 g/mol.